The van der Waals surface area contributed by atoms with Crippen LogP contribution in [-0.2, 0) is 9.16 Å². The molecule has 0 amide bonds. The quantitative estimate of drug-likeness (QED) is 0.346. The highest BCUT2D eigenvalue weighted by Crippen LogP contribution is 2.39. The number of aliphatic hydroxyl groups is 1. The molecule has 0 aliphatic heterocycles. The molecule has 0 bridgehead atoms. The van der Waals surface area contributed by atoms with Crippen molar-refractivity contribution in [3.05, 3.63) is 29.0 Å². The maximum atomic E-state index is 9.89. The van der Waals surface area contributed by atoms with Crippen molar-refractivity contribution in [1.29, 1.82) is 5.39 Å². The molecule has 6 heteroatoms. The summed E-state index contributed by atoms with van der Waals surface area (Å²) >= 11 is 0. The first-order chi connectivity index (χ1) is 8.71. The van der Waals surface area contributed by atoms with Gasteiger partial charge in [0.1, 0.15) is 5.60 Å². The summed E-state index contributed by atoms with van der Waals surface area (Å²) in [6.45, 7) is 19.4. The van der Waals surface area contributed by atoms with E-state index in [2.05, 4.69) is 32.3 Å². The molecule has 0 fully saturated rings. The zero-order chi connectivity index (χ0) is 16.4. The number of aliphatic hydroxyl groups excluding tert-OH is 1. The van der Waals surface area contributed by atoms with E-state index in [1.165, 1.54) is 0 Å². The first kappa shape index (κ1) is 18.5. The Kier molecular flexibility index (Phi) is 5.44. The molecule has 0 aromatic rings. The van der Waals surface area contributed by atoms with E-state index in [0.717, 1.165) is 0 Å². The van der Waals surface area contributed by atoms with Gasteiger partial charge in [0.15, 0.2) is 4.98 Å². The lowest BCUT2D eigenvalue weighted by atomic mass is 10.2. The molecule has 0 aromatic heterocycles. The SMILES string of the molecule is C=C(O[Si](C)(C)C(C)(C)C)/C([N+]#N)=C(/O)OC(C)(C)C. The minimum atomic E-state index is -2.12. The van der Waals surface area contributed by atoms with E-state index in [4.69, 9.17) is 14.6 Å². The van der Waals surface area contributed by atoms with E-state index < -0.39 is 19.9 Å². The molecule has 0 radical (unpaired) electrons. The zero-order valence-electron chi connectivity index (χ0n) is 13.9. The molecular formula is C14H27N2O3Si+. The minimum Gasteiger partial charge on any atom is -0.538 e. The topological polar surface area (TPSA) is 66.8 Å². The highest BCUT2D eigenvalue weighted by molar-refractivity contribution is 6.74. The van der Waals surface area contributed by atoms with E-state index in [1.807, 2.05) is 13.1 Å². The number of rotatable bonds is 4. The van der Waals surface area contributed by atoms with Crippen molar-refractivity contribution in [2.75, 3.05) is 0 Å². The van der Waals surface area contributed by atoms with Crippen LogP contribution in [0.1, 0.15) is 41.5 Å². The van der Waals surface area contributed by atoms with Gasteiger partial charge < -0.3 is 14.3 Å². The minimum absolute atomic E-state index is 0.0307. The van der Waals surface area contributed by atoms with Gasteiger partial charge in [-0.1, -0.05) is 20.8 Å². The van der Waals surface area contributed by atoms with Crippen molar-refractivity contribution in [1.82, 2.24) is 0 Å². The fourth-order valence-electron chi connectivity index (χ4n) is 1.07. The van der Waals surface area contributed by atoms with Gasteiger partial charge >= 0.3 is 11.6 Å². The van der Waals surface area contributed by atoms with Crippen LogP contribution < -0.4 is 0 Å². The lowest BCUT2D eigenvalue weighted by Gasteiger charge is -2.35. The smallest absolute Gasteiger partial charge is 0.503 e. The van der Waals surface area contributed by atoms with E-state index in [-0.39, 0.29) is 16.5 Å². The third-order valence-corrected chi connectivity index (χ3v) is 7.52. The molecule has 0 saturated carbocycles. The van der Waals surface area contributed by atoms with E-state index in [1.54, 1.807) is 20.8 Å². The normalized spacial score (nSPS) is 14.2. The predicted molar refractivity (Wildman–Crippen MR) is 83.0 cm³/mol. The molecule has 20 heavy (non-hydrogen) atoms. The Labute approximate surface area is 123 Å². The van der Waals surface area contributed by atoms with Gasteiger partial charge in [-0.3, -0.25) is 0 Å². The Morgan fingerprint density at radius 3 is 1.90 bits per heavy atom. The van der Waals surface area contributed by atoms with Crippen LogP contribution in [0.3, 0.4) is 0 Å². The van der Waals surface area contributed by atoms with Crippen molar-refractivity contribution < 1.29 is 14.3 Å². The molecule has 0 aliphatic rings. The maximum absolute atomic E-state index is 9.89. The summed E-state index contributed by atoms with van der Waals surface area (Å²) in [6, 6.07) is 0. The molecule has 0 unspecified atom stereocenters. The zero-order valence-corrected chi connectivity index (χ0v) is 14.9. The van der Waals surface area contributed by atoms with Crippen molar-refractivity contribution in [2.45, 2.75) is 65.3 Å². The number of ether oxygens (including phenoxy) is 1. The van der Waals surface area contributed by atoms with Gasteiger partial charge in [0.05, 0.1) is 0 Å². The van der Waals surface area contributed by atoms with Gasteiger partial charge in [0.25, 0.3) is 8.32 Å². The van der Waals surface area contributed by atoms with Crippen LogP contribution in [0.15, 0.2) is 24.0 Å². The van der Waals surface area contributed by atoms with Crippen molar-refractivity contribution >= 4 is 8.32 Å². The Hall–Kier alpha value is -1.48. The van der Waals surface area contributed by atoms with E-state index >= 15 is 0 Å². The molecular weight excluding hydrogens is 272 g/mol. The standard InChI is InChI=1S/C14H26N2O3Si/c1-10(19-20(8,9)14(5,6)7)11(16-15)12(17)18-13(2,3)4/h1H2,2-9H3/p+1/b12-11+. The monoisotopic (exact) mass is 299 g/mol. The summed E-state index contributed by atoms with van der Waals surface area (Å²) in [5.41, 5.74) is -0.790. The molecule has 0 aromatic carbocycles. The van der Waals surface area contributed by atoms with Gasteiger partial charge in [-0.25, -0.2) is 0 Å². The van der Waals surface area contributed by atoms with Gasteiger partial charge in [-0.15, -0.1) is 0 Å². The Bertz CT molecular complexity index is 449. The van der Waals surface area contributed by atoms with Gasteiger partial charge in [0.2, 0.25) is 11.2 Å². The summed E-state index contributed by atoms with van der Waals surface area (Å²) in [5, 5.41) is 18.9. The van der Waals surface area contributed by atoms with Crippen LogP contribution in [0.4, 0.5) is 0 Å². The predicted octanol–water partition coefficient (Wildman–Crippen LogP) is 4.92. The van der Waals surface area contributed by atoms with Gasteiger partial charge in [-0.2, -0.15) is 0 Å². The summed E-state index contributed by atoms with van der Waals surface area (Å²) in [4.78, 5) is 3.04. The average molecular weight is 299 g/mol. The number of nitrogens with zero attached hydrogens (tertiary/aromatic N) is 2. The van der Waals surface area contributed by atoms with E-state index in [0.29, 0.717) is 0 Å². The molecule has 0 atom stereocenters. The molecule has 0 rings (SSSR count). The number of hydrogen-bond acceptors (Lipinski definition) is 4. The third kappa shape index (κ3) is 5.25. The lowest BCUT2D eigenvalue weighted by Crippen LogP contribution is -2.40. The largest absolute Gasteiger partial charge is 0.538 e. The van der Waals surface area contributed by atoms with Crippen molar-refractivity contribution in [2.24, 2.45) is 0 Å². The van der Waals surface area contributed by atoms with Crippen LogP contribution in [0.2, 0.25) is 18.1 Å². The number of hydrogen-bond donors (Lipinski definition) is 1. The fraction of sp³-hybridized carbons (Fsp3) is 0.714. The Morgan fingerprint density at radius 1 is 1.15 bits per heavy atom. The first-order valence-corrected chi connectivity index (χ1v) is 9.48. The molecule has 0 spiro atoms. The summed E-state index contributed by atoms with van der Waals surface area (Å²) < 4.78 is 11.2. The first-order valence-electron chi connectivity index (χ1n) is 6.57. The summed E-state index contributed by atoms with van der Waals surface area (Å²) in [7, 11) is -2.12. The van der Waals surface area contributed by atoms with Gasteiger partial charge in [-0.05, 0) is 45.5 Å². The average Bonchev–Trinajstić information content (AvgIpc) is 2.12. The van der Waals surface area contributed by atoms with Crippen LogP contribution in [0.25, 0.3) is 4.98 Å². The lowest BCUT2D eigenvalue weighted by molar-refractivity contribution is -0.0168. The van der Waals surface area contributed by atoms with Crippen LogP contribution in [0.5, 0.6) is 0 Å². The molecule has 0 saturated heterocycles. The second kappa shape index (κ2) is 5.88. The molecule has 114 valence electrons. The molecule has 0 heterocycles. The van der Waals surface area contributed by atoms with Crippen molar-refractivity contribution in [3.63, 3.8) is 0 Å². The van der Waals surface area contributed by atoms with Crippen molar-refractivity contribution in [3.8, 4) is 0 Å². The molecule has 1 N–H and O–H groups in total. The Morgan fingerprint density at radius 2 is 1.60 bits per heavy atom. The highest BCUT2D eigenvalue weighted by atomic mass is 28.4. The Balaban J connectivity index is 5.28. The van der Waals surface area contributed by atoms with Gasteiger partial charge in [0, 0.05) is 0 Å². The highest BCUT2D eigenvalue weighted by Gasteiger charge is 2.42. The summed E-state index contributed by atoms with van der Waals surface area (Å²) in [5.74, 6) is -0.385. The second-order valence-corrected chi connectivity index (χ2v) is 12.0. The third-order valence-electron chi connectivity index (χ3n) is 3.15. The maximum Gasteiger partial charge on any atom is 0.503 e. The fourth-order valence-corrected chi connectivity index (χ4v) is 2.08. The number of diazo groups is 1. The summed E-state index contributed by atoms with van der Waals surface area (Å²) in [6.07, 6.45) is 0. The van der Waals surface area contributed by atoms with E-state index in [9.17, 15) is 5.11 Å². The molecule has 0 aliphatic carbocycles. The second-order valence-electron chi connectivity index (χ2n) is 7.25. The van der Waals surface area contributed by atoms with Crippen LogP contribution >= 0.6 is 0 Å². The van der Waals surface area contributed by atoms with Crippen LogP contribution in [0, 0.1) is 5.39 Å². The van der Waals surface area contributed by atoms with Crippen LogP contribution in [-0.4, -0.2) is 19.0 Å². The molecule has 5 nitrogen and oxygen atoms in total.